The lowest BCUT2D eigenvalue weighted by Crippen LogP contribution is -2.27. The molecule has 2 aromatic heterocycles. The molecule has 146 valence electrons. The van der Waals surface area contributed by atoms with Crippen LogP contribution < -0.4 is 5.32 Å². The van der Waals surface area contributed by atoms with Crippen molar-refractivity contribution in [3.05, 3.63) is 53.3 Å². The summed E-state index contributed by atoms with van der Waals surface area (Å²) in [6, 6.07) is 11.1. The van der Waals surface area contributed by atoms with Gasteiger partial charge in [-0.3, -0.25) is 9.48 Å². The van der Waals surface area contributed by atoms with Crippen LogP contribution in [0, 0.1) is 12.3 Å². The van der Waals surface area contributed by atoms with Gasteiger partial charge in [-0.15, -0.1) is 0 Å². The third kappa shape index (κ3) is 4.28. The number of carboxylic acids is 1. The van der Waals surface area contributed by atoms with E-state index in [1.165, 1.54) is 16.0 Å². The van der Waals surface area contributed by atoms with Crippen molar-refractivity contribution >= 4 is 28.3 Å². The fourth-order valence-electron chi connectivity index (χ4n) is 2.55. The molecular formula is C20H22N4O3S. The monoisotopic (exact) mass is 398 g/mol. The maximum atomic E-state index is 12.2. The highest BCUT2D eigenvalue weighted by Crippen LogP contribution is 2.33. The number of carboxylic acid groups (broad SMARTS) is 1. The topological polar surface area (TPSA) is 97.1 Å². The number of carbonyl (C=O) groups excluding carboxylic acids is 1. The number of hydrogen-bond donors (Lipinski definition) is 2. The number of nitrogens with one attached hydrogen (secondary N) is 1. The molecule has 0 radical (unpaired) electrons. The minimum atomic E-state index is -1.04. The van der Waals surface area contributed by atoms with E-state index in [9.17, 15) is 14.7 Å². The molecule has 0 unspecified atom stereocenters. The van der Waals surface area contributed by atoms with E-state index in [1.54, 1.807) is 6.07 Å². The molecule has 2 heterocycles. The summed E-state index contributed by atoms with van der Waals surface area (Å²) in [5, 5.41) is 17.3. The van der Waals surface area contributed by atoms with E-state index in [0.29, 0.717) is 23.1 Å². The molecule has 0 aliphatic rings. The highest BCUT2D eigenvalue weighted by molar-refractivity contribution is 7.19. The lowest BCUT2D eigenvalue weighted by atomic mass is 9.96. The predicted octanol–water partition coefficient (Wildman–Crippen LogP) is 4.05. The fraction of sp³-hybridized carbons (Fsp3) is 0.300. The van der Waals surface area contributed by atoms with Gasteiger partial charge in [0.15, 0.2) is 5.13 Å². The molecule has 8 heteroatoms. The van der Waals surface area contributed by atoms with Crippen molar-refractivity contribution in [2.24, 2.45) is 5.41 Å². The van der Waals surface area contributed by atoms with Crippen LogP contribution in [0.15, 0.2) is 36.4 Å². The van der Waals surface area contributed by atoms with Gasteiger partial charge >= 0.3 is 5.97 Å². The number of aromatic carboxylic acids is 1. The lowest BCUT2D eigenvalue weighted by molar-refractivity contribution is -0.123. The quantitative estimate of drug-likeness (QED) is 0.676. The Morgan fingerprint density at radius 2 is 1.89 bits per heavy atom. The van der Waals surface area contributed by atoms with Crippen molar-refractivity contribution in [2.45, 2.75) is 34.2 Å². The summed E-state index contributed by atoms with van der Waals surface area (Å²) in [7, 11) is 0. The maximum Gasteiger partial charge on any atom is 0.354 e. The van der Waals surface area contributed by atoms with E-state index in [0.717, 1.165) is 10.4 Å². The third-order valence-electron chi connectivity index (χ3n) is 4.11. The van der Waals surface area contributed by atoms with Crippen LogP contribution >= 0.6 is 11.3 Å². The number of rotatable bonds is 5. The second kappa shape index (κ2) is 7.55. The molecule has 3 rings (SSSR count). The number of anilines is 1. The number of aromatic nitrogens is 3. The fourth-order valence-corrected chi connectivity index (χ4v) is 3.47. The zero-order valence-electron chi connectivity index (χ0n) is 16.2. The van der Waals surface area contributed by atoms with Crippen LogP contribution in [0.25, 0.3) is 10.6 Å². The standard InChI is InChI=1S/C20H22N4O3S/c1-12-16(28-19(21-12)22-18(27)20(2,3)4)14-10-15(17(25)26)24(23-14)11-13-8-6-5-7-9-13/h5-10H,11H2,1-4H3,(H,25,26)(H,21,22,27). The Balaban J connectivity index is 1.93. The number of amides is 1. The van der Waals surface area contributed by atoms with Gasteiger partial charge < -0.3 is 10.4 Å². The molecule has 0 atom stereocenters. The molecule has 0 bridgehead atoms. The lowest BCUT2D eigenvalue weighted by Gasteiger charge is -2.15. The van der Waals surface area contributed by atoms with E-state index < -0.39 is 11.4 Å². The van der Waals surface area contributed by atoms with E-state index >= 15 is 0 Å². The highest BCUT2D eigenvalue weighted by Gasteiger charge is 2.24. The third-order valence-corrected chi connectivity index (χ3v) is 5.20. The largest absolute Gasteiger partial charge is 0.477 e. The molecule has 0 aliphatic heterocycles. The number of thiazole rings is 1. The molecule has 2 N–H and O–H groups in total. The number of aryl methyl sites for hydroxylation is 1. The number of hydrogen-bond acceptors (Lipinski definition) is 5. The van der Waals surface area contributed by atoms with Crippen molar-refractivity contribution in [1.29, 1.82) is 0 Å². The van der Waals surface area contributed by atoms with Gasteiger partial charge in [0.05, 0.1) is 17.1 Å². The summed E-state index contributed by atoms with van der Waals surface area (Å²) in [6.45, 7) is 7.65. The first-order valence-corrected chi connectivity index (χ1v) is 9.61. The summed E-state index contributed by atoms with van der Waals surface area (Å²) in [5.74, 6) is -1.17. The minimum absolute atomic E-state index is 0.104. The Morgan fingerprint density at radius 3 is 2.50 bits per heavy atom. The molecule has 0 aliphatic carbocycles. The minimum Gasteiger partial charge on any atom is -0.477 e. The van der Waals surface area contributed by atoms with Gasteiger partial charge in [0, 0.05) is 5.41 Å². The first-order chi connectivity index (χ1) is 13.1. The summed E-state index contributed by atoms with van der Waals surface area (Å²) in [6.07, 6.45) is 0. The molecule has 7 nitrogen and oxygen atoms in total. The van der Waals surface area contributed by atoms with E-state index in [2.05, 4.69) is 15.4 Å². The van der Waals surface area contributed by atoms with Crippen LogP contribution in [0.3, 0.4) is 0 Å². The second-order valence-electron chi connectivity index (χ2n) is 7.50. The van der Waals surface area contributed by atoms with E-state index in [-0.39, 0.29) is 11.6 Å². The van der Waals surface area contributed by atoms with Gasteiger partial charge in [-0.05, 0) is 18.6 Å². The molecule has 1 amide bonds. The van der Waals surface area contributed by atoms with Crippen molar-refractivity contribution in [3.63, 3.8) is 0 Å². The molecule has 0 spiro atoms. The average Bonchev–Trinajstić information content (AvgIpc) is 3.18. The SMILES string of the molecule is Cc1nc(NC(=O)C(C)(C)C)sc1-c1cc(C(=O)O)n(Cc2ccccc2)n1. The van der Waals surface area contributed by atoms with Gasteiger partial charge in [0.1, 0.15) is 11.4 Å². The molecule has 0 saturated carbocycles. The molecule has 0 saturated heterocycles. The zero-order valence-corrected chi connectivity index (χ0v) is 17.0. The van der Waals surface area contributed by atoms with Crippen molar-refractivity contribution in [2.75, 3.05) is 5.32 Å². The Morgan fingerprint density at radius 1 is 1.21 bits per heavy atom. The predicted molar refractivity (Wildman–Crippen MR) is 109 cm³/mol. The van der Waals surface area contributed by atoms with Crippen molar-refractivity contribution < 1.29 is 14.7 Å². The van der Waals surface area contributed by atoms with Crippen LogP contribution in [0.2, 0.25) is 0 Å². The Bertz CT molecular complexity index is 1020. The molecule has 0 fully saturated rings. The van der Waals surface area contributed by atoms with Gasteiger partial charge in [-0.2, -0.15) is 5.10 Å². The van der Waals surface area contributed by atoms with E-state index in [4.69, 9.17) is 0 Å². The molecule has 28 heavy (non-hydrogen) atoms. The van der Waals surface area contributed by atoms with Crippen LogP contribution in [0.1, 0.15) is 42.5 Å². The van der Waals surface area contributed by atoms with Crippen LogP contribution in [0.5, 0.6) is 0 Å². The van der Waals surface area contributed by atoms with Crippen LogP contribution in [0.4, 0.5) is 5.13 Å². The average molecular weight is 398 g/mol. The summed E-state index contributed by atoms with van der Waals surface area (Å²) >= 11 is 1.29. The highest BCUT2D eigenvalue weighted by atomic mass is 32.1. The van der Waals surface area contributed by atoms with Crippen LogP contribution in [-0.4, -0.2) is 31.7 Å². The Kier molecular flexibility index (Phi) is 5.33. The number of carbonyl (C=O) groups is 2. The van der Waals surface area contributed by atoms with Gasteiger partial charge in [-0.1, -0.05) is 62.4 Å². The van der Waals surface area contributed by atoms with E-state index in [1.807, 2.05) is 58.0 Å². The normalized spacial score (nSPS) is 11.4. The summed E-state index contributed by atoms with van der Waals surface area (Å²) in [5.41, 5.74) is 1.74. The summed E-state index contributed by atoms with van der Waals surface area (Å²) < 4.78 is 1.47. The van der Waals surface area contributed by atoms with Crippen molar-refractivity contribution in [1.82, 2.24) is 14.8 Å². The van der Waals surface area contributed by atoms with Crippen LogP contribution in [-0.2, 0) is 11.3 Å². The molecule has 3 aromatic rings. The summed E-state index contributed by atoms with van der Waals surface area (Å²) in [4.78, 5) is 29.0. The first-order valence-electron chi connectivity index (χ1n) is 8.79. The molecule has 1 aromatic carbocycles. The van der Waals surface area contributed by atoms with Gasteiger partial charge in [-0.25, -0.2) is 9.78 Å². The smallest absolute Gasteiger partial charge is 0.354 e. The van der Waals surface area contributed by atoms with Gasteiger partial charge in [0.25, 0.3) is 0 Å². The molecular weight excluding hydrogens is 376 g/mol. The second-order valence-corrected chi connectivity index (χ2v) is 8.50. The Labute approximate surface area is 167 Å². The van der Waals surface area contributed by atoms with Gasteiger partial charge in [0.2, 0.25) is 5.91 Å². The maximum absolute atomic E-state index is 12.2. The number of benzene rings is 1. The first kappa shape index (κ1) is 19.8. The number of nitrogens with zero attached hydrogens (tertiary/aromatic N) is 3. The zero-order chi connectivity index (χ0) is 20.5. The van der Waals surface area contributed by atoms with Crippen molar-refractivity contribution in [3.8, 4) is 10.6 Å². The Hall–Kier alpha value is -3.00.